The Labute approximate surface area is 195 Å². The van der Waals surface area contributed by atoms with Crippen LogP contribution in [0.3, 0.4) is 0 Å². The first-order valence-corrected chi connectivity index (χ1v) is 10.9. The zero-order valence-electron chi connectivity index (χ0n) is 16.5. The van der Waals surface area contributed by atoms with E-state index in [9.17, 15) is 4.79 Å². The number of amides is 1. The van der Waals surface area contributed by atoms with Crippen molar-refractivity contribution in [2.45, 2.75) is 20.0 Å². The van der Waals surface area contributed by atoms with E-state index in [1.165, 1.54) is 6.20 Å². The summed E-state index contributed by atoms with van der Waals surface area (Å²) < 4.78 is 1.56. The van der Waals surface area contributed by atoms with Gasteiger partial charge < -0.3 is 10.6 Å². The molecule has 4 aromatic rings. The molecular weight excluding hydrogens is 526 g/mol. The number of hydrogen-bond acceptors (Lipinski definition) is 7. The van der Waals surface area contributed by atoms with Crippen LogP contribution in [0.2, 0.25) is 0 Å². The van der Waals surface area contributed by atoms with Crippen molar-refractivity contribution < 1.29 is 4.79 Å². The summed E-state index contributed by atoms with van der Waals surface area (Å²) in [6.07, 6.45) is 4.81. The van der Waals surface area contributed by atoms with Crippen molar-refractivity contribution in [2.75, 3.05) is 5.73 Å². The lowest BCUT2D eigenvalue weighted by atomic mass is 10.2. The maximum atomic E-state index is 13.4. The van der Waals surface area contributed by atoms with Gasteiger partial charge in [0.2, 0.25) is 0 Å². The largest absolute Gasteiger partial charge is 0.383 e. The van der Waals surface area contributed by atoms with E-state index in [1.54, 1.807) is 35.5 Å². The van der Waals surface area contributed by atoms with Crippen LogP contribution in [0.4, 0.5) is 5.82 Å². The van der Waals surface area contributed by atoms with Crippen LogP contribution >= 0.6 is 31.9 Å². The zero-order valence-corrected chi connectivity index (χ0v) is 19.6. The Morgan fingerprint density at radius 3 is 2.55 bits per heavy atom. The van der Waals surface area contributed by atoms with Crippen molar-refractivity contribution in [1.29, 1.82) is 0 Å². The summed E-state index contributed by atoms with van der Waals surface area (Å²) >= 11 is 6.83. The van der Waals surface area contributed by atoms with Gasteiger partial charge in [-0.25, -0.2) is 19.9 Å². The van der Waals surface area contributed by atoms with Crippen molar-refractivity contribution in [3.63, 3.8) is 0 Å². The smallest absolute Gasteiger partial charge is 0.256 e. The summed E-state index contributed by atoms with van der Waals surface area (Å²) in [6, 6.07) is 9.09. The molecule has 2 N–H and O–H groups in total. The summed E-state index contributed by atoms with van der Waals surface area (Å²) in [4.78, 5) is 36.7. The van der Waals surface area contributed by atoms with E-state index in [1.807, 2.05) is 19.1 Å². The van der Waals surface area contributed by atoms with Crippen LogP contribution in [-0.2, 0) is 13.1 Å². The number of nitrogen functional groups attached to an aromatic ring is 1. The van der Waals surface area contributed by atoms with Gasteiger partial charge in [0, 0.05) is 28.4 Å². The monoisotopic (exact) mass is 541 g/mol. The van der Waals surface area contributed by atoms with Crippen molar-refractivity contribution in [2.24, 2.45) is 0 Å². The van der Waals surface area contributed by atoms with Gasteiger partial charge in [-0.15, -0.1) is 0 Å². The lowest BCUT2D eigenvalue weighted by molar-refractivity contribution is 0.0723. The molecule has 0 atom stereocenters. The summed E-state index contributed by atoms with van der Waals surface area (Å²) in [6.45, 7) is 2.44. The number of carbonyl (C=O) groups is 1. The van der Waals surface area contributed by atoms with Crippen LogP contribution in [0.25, 0.3) is 11.0 Å². The molecule has 0 aliphatic heterocycles. The number of aromatic nitrogens is 5. The molecule has 0 saturated heterocycles. The molecular formula is C21H17Br2N7O. The third-order valence-electron chi connectivity index (χ3n) is 4.57. The Bertz CT molecular complexity index is 1270. The molecule has 156 valence electrons. The number of anilines is 1. The van der Waals surface area contributed by atoms with E-state index in [0.29, 0.717) is 39.3 Å². The standard InChI is InChI=1S/C21H17Br2N7O/c1-12-16(22)4-3-15(28-12)10-30(11-18-25-5-2-6-26-18)21(31)14-7-13-8-17(23)19(24)29-20(13)27-9-14/h2-9H,10-11H2,1H3,(H2,24,27,29). The molecule has 0 aliphatic rings. The SMILES string of the molecule is Cc1nc(CN(Cc2ncccn2)C(=O)c2cnc3nc(N)c(Br)cc3c2)ccc1Br. The molecule has 0 spiro atoms. The van der Waals surface area contributed by atoms with E-state index >= 15 is 0 Å². The fourth-order valence-electron chi connectivity index (χ4n) is 3.01. The highest BCUT2D eigenvalue weighted by Gasteiger charge is 2.20. The van der Waals surface area contributed by atoms with Crippen molar-refractivity contribution in [3.8, 4) is 0 Å². The highest BCUT2D eigenvalue weighted by Crippen LogP contribution is 2.23. The normalized spacial score (nSPS) is 10.9. The molecule has 0 bridgehead atoms. The van der Waals surface area contributed by atoms with Crippen LogP contribution in [0, 0.1) is 6.92 Å². The van der Waals surface area contributed by atoms with Gasteiger partial charge in [0.05, 0.1) is 34.5 Å². The first kappa shape index (κ1) is 21.3. The van der Waals surface area contributed by atoms with Gasteiger partial charge in [0.1, 0.15) is 11.6 Å². The predicted molar refractivity (Wildman–Crippen MR) is 124 cm³/mol. The lowest BCUT2D eigenvalue weighted by Gasteiger charge is -2.22. The topological polar surface area (TPSA) is 111 Å². The molecule has 0 saturated carbocycles. The van der Waals surface area contributed by atoms with Crippen molar-refractivity contribution >= 4 is 54.6 Å². The first-order valence-electron chi connectivity index (χ1n) is 9.29. The number of carbonyl (C=O) groups excluding carboxylic acids is 1. The fraction of sp³-hybridized carbons (Fsp3) is 0.143. The second-order valence-electron chi connectivity index (χ2n) is 6.82. The number of hydrogen-bond donors (Lipinski definition) is 1. The van der Waals surface area contributed by atoms with Gasteiger partial charge in [-0.1, -0.05) is 0 Å². The summed E-state index contributed by atoms with van der Waals surface area (Å²) in [5.74, 6) is 0.673. The van der Waals surface area contributed by atoms with Crippen molar-refractivity contribution in [3.05, 3.63) is 80.6 Å². The molecule has 0 aromatic carbocycles. The molecule has 8 nitrogen and oxygen atoms in total. The number of nitrogens with two attached hydrogens (primary N) is 1. The van der Waals surface area contributed by atoms with Gasteiger partial charge in [-0.2, -0.15) is 0 Å². The van der Waals surface area contributed by atoms with Crippen molar-refractivity contribution in [1.82, 2.24) is 29.8 Å². The maximum absolute atomic E-state index is 13.4. The average Bonchev–Trinajstić information content (AvgIpc) is 2.76. The molecule has 0 unspecified atom stereocenters. The number of aryl methyl sites for hydroxylation is 1. The summed E-state index contributed by atoms with van der Waals surface area (Å²) in [5, 5.41) is 0.709. The van der Waals surface area contributed by atoms with Gasteiger partial charge in [0.25, 0.3) is 5.91 Å². The van der Waals surface area contributed by atoms with E-state index in [2.05, 4.69) is 56.8 Å². The zero-order chi connectivity index (χ0) is 22.0. The minimum atomic E-state index is -0.211. The van der Waals surface area contributed by atoms with Crippen LogP contribution in [0.5, 0.6) is 0 Å². The van der Waals surface area contributed by atoms with Gasteiger partial charge in [0.15, 0.2) is 5.65 Å². The summed E-state index contributed by atoms with van der Waals surface area (Å²) in [7, 11) is 0. The Balaban J connectivity index is 1.69. The summed E-state index contributed by atoms with van der Waals surface area (Å²) in [5.41, 5.74) is 8.34. The third-order valence-corrected chi connectivity index (χ3v) is 6.04. The van der Waals surface area contributed by atoms with E-state index in [4.69, 9.17) is 5.73 Å². The highest BCUT2D eigenvalue weighted by atomic mass is 79.9. The second kappa shape index (κ2) is 9.03. The lowest BCUT2D eigenvalue weighted by Crippen LogP contribution is -2.31. The van der Waals surface area contributed by atoms with Crippen LogP contribution in [-0.4, -0.2) is 35.7 Å². The minimum absolute atomic E-state index is 0.211. The Kier molecular flexibility index (Phi) is 6.19. The second-order valence-corrected chi connectivity index (χ2v) is 8.53. The molecule has 0 aliphatic carbocycles. The third kappa shape index (κ3) is 4.86. The number of rotatable bonds is 5. The van der Waals surface area contributed by atoms with Crippen LogP contribution < -0.4 is 5.73 Å². The molecule has 10 heteroatoms. The number of fused-ring (bicyclic) bond motifs is 1. The number of nitrogens with zero attached hydrogens (tertiary/aromatic N) is 6. The predicted octanol–water partition coefficient (Wildman–Crippen LogP) is 4.07. The van der Waals surface area contributed by atoms with Gasteiger partial charge in [-0.3, -0.25) is 9.78 Å². The van der Waals surface area contributed by atoms with Gasteiger partial charge in [-0.05, 0) is 69.1 Å². The molecule has 4 rings (SSSR count). The highest BCUT2D eigenvalue weighted by molar-refractivity contribution is 9.10. The Morgan fingerprint density at radius 1 is 1.03 bits per heavy atom. The van der Waals surface area contributed by atoms with E-state index < -0.39 is 0 Å². The maximum Gasteiger partial charge on any atom is 0.256 e. The molecule has 4 aromatic heterocycles. The van der Waals surface area contributed by atoms with Crippen LogP contribution in [0.1, 0.15) is 27.6 Å². The minimum Gasteiger partial charge on any atom is -0.383 e. The van der Waals surface area contributed by atoms with E-state index in [0.717, 1.165) is 15.9 Å². The first-order chi connectivity index (χ1) is 14.9. The number of pyridine rings is 3. The Hall–Kier alpha value is -2.98. The van der Waals surface area contributed by atoms with Gasteiger partial charge >= 0.3 is 0 Å². The fourth-order valence-corrected chi connectivity index (χ4v) is 3.57. The molecule has 0 radical (unpaired) electrons. The number of halogens is 2. The quantitative estimate of drug-likeness (QED) is 0.404. The molecule has 0 fully saturated rings. The van der Waals surface area contributed by atoms with Crippen LogP contribution in [0.15, 0.2) is 57.9 Å². The molecule has 1 amide bonds. The average molecular weight is 543 g/mol. The Morgan fingerprint density at radius 2 is 1.81 bits per heavy atom. The van der Waals surface area contributed by atoms with E-state index in [-0.39, 0.29) is 12.5 Å². The molecule has 4 heterocycles. The molecule has 31 heavy (non-hydrogen) atoms.